The van der Waals surface area contributed by atoms with Crippen LogP contribution in [0.2, 0.25) is 0 Å². The Kier molecular flexibility index (Phi) is 4.73. The lowest BCUT2D eigenvalue weighted by molar-refractivity contribution is 0.297. The molecule has 0 aromatic heterocycles. The van der Waals surface area contributed by atoms with Gasteiger partial charge in [-0.25, -0.2) is 4.39 Å². The van der Waals surface area contributed by atoms with E-state index in [1.165, 1.54) is 0 Å². The van der Waals surface area contributed by atoms with Crippen molar-refractivity contribution in [1.29, 1.82) is 0 Å². The number of hydrogen-bond acceptors (Lipinski definition) is 2. The van der Waals surface area contributed by atoms with Gasteiger partial charge in [0.1, 0.15) is 23.2 Å². The first-order valence-electron chi connectivity index (χ1n) is 5.95. The van der Waals surface area contributed by atoms with Crippen LogP contribution >= 0.6 is 28.1 Å². The number of nitrogens with two attached hydrogens (primary N) is 1. The van der Waals surface area contributed by atoms with Crippen molar-refractivity contribution >= 4 is 33.1 Å². The summed E-state index contributed by atoms with van der Waals surface area (Å²) in [4.78, 5) is 0.0455. The molecule has 0 atom stereocenters. The highest BCUT2D eigenvalue weighted by Gasteiger charge is 2.11. The standard InChI is InChI=1S/C15H13BrFNOS/c1-9-7-11(16)5-6-13(9)19-8-10-3-2-4-12(14(10)17)15(18)20/h2-7H,8H2,1H3,(H2,18,20). The summed E-state index contributed by atoms with van der Waals surface area (Å²) in [5, 5.41) is 0. The van der Waals surface area contributed by atoms with Crippen LogP contribution in [0, 0.1) is 12.7 Å². The van der Waals surface area contributed by atoms with E-state index in [0.29, 0.717) is 11.3 Å². The van der Waals surface area contributed by atoms with Crippen LogP contribution in [0.25, 0.3) is 0 Å². The van der Waals surface area contributed by atoms with E-state index in [9.17, 15) is 4.39 Å². The fourth-order valence-electron chi connectivity index (χ4n) is 1.81. The Labute approximate surface area is 130 Å². The Bertz CT molecular complexity index is 660. The molecule has 0 saturated carbocycles. The second-order valence-corrected chi connectivity index (χ2v) is 5.70. The van der Waals surface area contributed by atoms with Crippen molar-refractivity contribution < 1.29 is 9.13 Å². The molecule has 2 N–H and O–H groups in total. The largest absolute Gasteiger partial charge is 0.489 e. The van der Waals surface area contributed by atoms with E-state index in [0.717, 1.165) is 10.0 Å². The van der Waals surface area contributed by atoms with Crippen molar-refractivity contribution in [1.82, 2.24) is 0 Å². The van der Waals surface area contributed by atoms with Gasteiger partial charge in [-0.2, -0.15) is 0 Å². The van der Waals surface area contributed by atoms with Gasteiger partial charge in [-0.3, -0.25) is 0 Å². The molecule has 0 unspecified atom stereocenters. The van der Waals surface area contributed by atoms with Crippen LogP contribution in [0.3, 0.4) is 0 Å². The van der Waals surface area contributed by atoms with Gasteiger partial charge in [0.25, 0.3) is 0 Å². The topological polar surface area (TPSA) is 35.2 Å². The molecular weight excluding hydrogens is 341 g/mol. The zero-order valence-corrected chi connectivity index (χ0v) is 13.2. The van der Waals surface area contributed by atoms with Crippen molar-refractivity contribution in [2.24, 2.45) is 5.73 Å². The van der Waals surface area contributed by atoms with Gasteiger partial charge in [0, 0.05) is 15.6 Å². The molecule has 2 nitrogen and oxygen atoms in total. The minimum absolute atomic E-state index is 0.0455. The molecular formula is C15H13BrFNOS. The maximum atomic E-state index is 14.1. The Balaban J connectivity index is 2.19. The molecule has 104 valence electrons. The lowest BCUT2D eigenvalue weighted by Crippen LogP contribution is -2.13. The normalized spacial score (nSPS) is 10.3. The van der Waals surface area contributed by atoms with Gasteiger partial charge in [-0.15, -0.1) is 0 Å². The van der Waals surface area contributed by atoms with Gasteiger partial charge in [0.2, 0.25) is 0 Å². The van der Waals surface area contributed by atoms with Crippen LogP contribution in [0.5, 0.6) is 5.75 Å². The van der Waals surface area contributed by atoms with Gasteiger partial charge in [-0.05, 0) is 36.8 Å². The predicted octanol–water partition coefficient (Wildman–Crippen LogP) is 4.11. The Hall–Kier alpha value is -1.46. The summed E-state index contributed by atoms with van der Waals surface area (Å²) in [6, 6.07) is 10.6. The molecule has 0 amide bonds. The maximum absolute atomic E-state index is 14.1. The fraction of sp³-hybridized carbons (Fsp3) is 0.133. The lowest BCUT2D eigenvalue weighted by atomic mass is 10.1. The van der Waals surface area contributed by atoms with E-state index in [1.807, 2.05) is 25.1 Å². The maximum Gasteiger partial charge on any atom is 0.139 e. The van der Waals surface area contributed by atoms with E-state index in [4.69, 9.17) is 22.7 Å². The predicted molar refractivity (Wildman–Crippen MR) is 85.5 cm³/mol. The number of hydrogen-bond donors (Lipinski definition) is 1. The fourth-order valence-corrected chi connectivity index (χ4v) is 2.45. The Morgan fingerprint density at radius 1 is 1.35 bits per heavy atom. The number of halogens is 2. The zero-order valence-electron chi connectivity index (χ0n) is 10.8. The SMILES string of the molecule is Cc1cc(Br)ccc1OCc1cccc(C(N)=S)c1F. The number of benzene rings is 2. The molecule has 0 aliphatic rings. The summed E-state index contributed by atoms with van der Waals surface area (Å²) in [6.45, 7) is 2.06. The van der Waals surface area contributed by atoms with Crippen molar-refractivity contribution in [3.05, 3.63) is 63.4 Å². The van der Waals surface area contributed by atoms with Crippen molar-refractivity contribution in [2.75, 3.05) is 0 Å². The van der Waals surface area contributed by atoms with Gasteiger partial charge in [0.05, 0.1) is 0 Å². The molecule has 0 bridgehead atoms. The minimum Gasteiger partial charge on any atom is -0.489 e. The van der Waals surface area contributed by atoms with Crippen LogP contribution in [-0.2, 0) is 6.61 Å². The second-order valence-electron chi connectivity index (χ2n) is 4.34. The molecule has 0 heterocycles. The summed E-state index contributed by atoms with van der Waals surface area (Å²) < 4.78 is 20.8. The molecule has 0 aliphatic heterocycles. The highest BCUT2D eigenvalue weighted by atomic mass is 79.9. The third-order valence-electron chi connectivity index (χ3n) is 2.86. The zero-order chi connectivity index (χ0) is 14.7. The van der Waals surface area contributed by atoms with Crippen molar-refractivity contribution in [2.45, 2.75) is 13.5 Å². The number of thiocarbonyl (C=S) groups is 1. The summed E-state index contributed by atoms with van der Waals surface area (Å²) >= 11 is 8.20. The molecule has 2 rings (SSSR count). The van der Waals surface area contributed by atoms with Crippen LogP contribution in [-0.4, -0.2) is 4.99 Å². The van der Waals surface area contributed by atoms with Gasteiger partial charge in [-0.1, -0.05) is 40.3 Å². The van der Waals surface area contributed by atoms with Crippen LogP contribution < -0.4 is 10.5 Å². The molecule has 0 radical (unpaired) electrons. The summed E-state index contributed by atoms with van der Waals surface area (Å²) in [6.07, 6.45) is 0. The third kappa shape index (κ3) is 3.35. The molecule has 5 heteroatoms. The number of ether oxygens (including phenoxy) is 1. The van der Waals surface area contributed by atoms with E-state index in [-0.39, 0.29) is 17.2 Å². The van der Waals surface area contributed by atoms with Crippen LogP contribution in [0.4, 0.5) is 4.39 Å². The molecule has 0 aliphatic carbocycles. The second kappa shape index (κ2) is 6.33. The number of rotatable bonds is 4. The van der Waals surface area contributed by atoms with Gasteiger partial charge < -0.3 is 10.5 Å². The van der Waals surface area contributed by atoms with Gasteiger partial charge >= 0.3 is 0 Å². The average molecular weight is 354 g/mol. The smallest absolute Gasteiger partial charge is 0.139 e. The molecule has 2 aromatic carbocycles. The summed E-state index contributed by atoms with van der Waals surface area (Å²) in [7, 11) is 0. The third-order valence-corrected chi connectivity index (χ3v) is 3.58. The molecule has 0 saturated heterocycles. The summed E-state index contributed by atoms with van der Waals surface area (Å²) in [5.41, 5.74) is 7.13. The first-order chi connectivity index (χ1) is 9.49. The van der Waals surface area contributed by atoms with Crippen LogP contribution in [0.1, 0.15) is 16.7 Å². The number of aryl methyl sites for hydroxylation is 1. The monoisotopic (exact) mass is 353 g/mol. The lowest BCUT2D eigenvalue weighted by Gasteiger charge is -2.11. The molecule has 0 fully saturated rings. The first kappa shape index (κ1) is 14.9. The Morgan fingerprint density at radius 3 is 2.75 bits per heavy atom. The van der Waals surface area contributed by atoms with Crippen LogP contribution in [0.15, 0.2) is 40.9 Å². The molecule has 0 spiro atoms. The average Bonchev–Trinajstić information content (AvgIpc) is 2.39. The quantitative estimate of drug-likeness (QED) is 0.840. The van der Waals surface area contributed by atoms with Crippen molar-refractivity contribution in [3.8, 4) is 5.75 Å². The highest BCUT2D eigenvalue weighted by Crippen LogP contribution is 2.23. The molecule has 20 heavy (non-hydrogen) atoms. The van der Waals surface area contributed by atoms with Gasteiger partial charge in [0.15, 0.2) is 0 Å². The summed E-state index contributed by atoms with van der Waals surface area (Å²) in [5.74, 6) is 0.295. The minimum atomic E-state index is -0.422. The first-order valence-corrected chi connectivity index (χ1v) is 7.15. The highest BCUT2D eigenvalue weighted by molar-refractivity contribution is 9.10. The Morgan fingerprint density at radius 2 is 2.10 bits per heavy atom. The van der Waals surface area contributed by atoms with Crippen molar-refractivity contribution in [3.63, 3.8) is 0 Å². The van der Waals surface area contributed by atoms with E-state index in [2.05, 4.69) is 15.9 Å². The van der Waals surface area contributed by atoms with E-state index < -0.39 is 5.82 Å². The van der Waals surface area contributed by atoms with E-state index >= 15 is 0 Å². The molecule has 2 aromatic rings. The van der Waals surface area contributed by atoms with E-state index in [1.54, 1.807) is 18.2 Å².